The van der Waals surface area contributed by atoms with Crippen LogP contribution in [0.4, 0.5) is 5.69 Å². The number of aromatic nitrogens is 1. The second-order valence-electron chi connectivity index (χ2n) is 6.75. The average Bonchev–Trinajstić information content (AvgIpc) is 2.96. The van der Waals surface area contributed by atoms with Crippen molar-refractivity contribution in [2.45, 2.75) is 13.5 Å². The van der Waals surface area contributed by atoms with Crippen LogP contribution in [0.25, 0.3) is 5.57 Å². The maximum absolute atomic E-state index is 13.2. The van der Waals surface area contributed by atoms with Crippen LogP contribution < -0.4 is 5.32 Å². The number of nitrogens with one attached hydrogen (secondary N) is 1. The molecule has 1 aliphatic heterocycles. The van der Waals surface area contributed by atoms with E-state index < -0.39 is 0 Å². The number of benzene rings is 2. The zero-order valence-electron chi connectivity index (χ0n) is 15.7. The van der Waals surface area contributed by atoms with Gasteiger partial charge >= 0.3 is 0 Å². The molecule has 1 aromatic heterocycles. The van der Waals surface area contributed by atoms with Crippen molar-refractivity contribution in [1.29, 1.82) is 0 Å². The predicted octanol–water partition coefficient (Wildman–Crippen LogP) is 4.44. The summed E-state index contributed by atoms with van der Waals surface area (Å²) in [5.74, 6) is -0.688. The van der Waals surface area contributed by atoms with Gasteiger partial charge in [0.05, 0.1) is 12.1 Å². The van der Waals surface area contributed by atoms with E-state index >= 15 is 0 Å². The number of anilines is 1. The van der Waals surface area contributed by atoms with E-state index in [9.17, 15) is 9.59 Å². The topological polar surface area (TPSA) is 62.3 Å². The minimum atomic E-state index is -0.361. The van der Waals surface area contributed by atoms with Crippen LogP contribution >= 0.6 is 11.6 Å². The molecular formula is C23H18ClN3O2. The molecule has 4 rings (SSSR count). The van der Waals surface area contributed by atoms with Gasteiger partial charge in [-0.3, -0.25) is 19.5 Å². The van der Waals surface area contributed by atoms with Crippen molar-refractivity contribution in [2.24, 2.45) is 0 Å². The number of hydrogen-bond donors (Lipinski definition) is 1. The lowest BCUT2D eigenvalue weighted by molar-refractivity contribution is -0.137. The summed E-state index contributed by atoms with van der Waals surface area (Å²) >= 11 is 6.05. The molecule has 2 aromatic carbocycles. The molecule has 1 aliphatic rings. The van der Waals surface area contributed by atoms with E-state index in [-0.39, 0.29) is 24.1 Å². The van der Waals surface area contributed by atoms with Crippen molar-refractivity contribution >= 4 is 34.7 Å². The molecule has 144 valence electrons. The minimum Gasteiger partial charge on any atom is -0.350 e. The van der Waals surface area contributed by atoms with Crippen LogP contribution in [0.15, 0.2) is 78.8 Å². The maximum Gasteiger partial charge on any atom is 0.278 e. The molecular weight excluding hydrogens is 386 g/mol. The number of amides is 2. The predicted molar refractivity (Wildman–Crippen MR) is 113 cm³/mol. The molecule has 2 amide bonds. The Morgan fingerprint density at radius 1 is 0.966 bits per heavy atom. The van der Waals surface area contributed by atoms with Gasteiger partial charge in [-0.25, -0.2) is 0 Å². The largest absolute Gasteiger partial charge is 0.350 e. The molecule has 0 atom stereocenters. The van der Waals surface area contributed by atoms with E-state index in [1.165, 1.54) is 4.90 Å². The Bertz CT molecular complexity index is 1110. The molecule has 1 N–H and O–H groups in total. The lowest BCUT2D eigenvalue weighted by atomic mass is 10.0. The SMILES string of the molecule is Cc1cc(Cl)ccc1NC1=C(c2ccccc2)C(=O)N(Cc2ccncc2)C1=O. The quantitative estimate of drug-likeness (QED) is 0.640. The molecule has 0 unspecified atom stereocenters. The van der Waals surface area contributed by atoms with Gasteiger partial charge in [0.15, 0.2) is 0 Å². The van der Waals surface area contributed by atoms with Crippen LogP contribution in [0, 0.1) is 6.92 Å². The standard InChI is InChI=1S/C23H18ClN3O2/c1-15-13-18(24)7-8-19(15)26-21-20(17-5-3-2-4-6-17)22(28)27(23(21)29)14-16-9-11-25-12-10-16/h2-13,26H,14H2,1H3. The van der Waals surface area contributed by atoms with E-state index in [1.54, 1.807) is 36.7 Å². The normalized spacial score (nSPS) is 13.9. The number of carbonyl (C=O) groups is 2. The monoisotopic (exact) mass is 403 g/mol. The van der Waals surface area contributed by atoms with Crippen LogP contribution in [0.2, 0.25) is 5.02 Å². The third-order valence-electron chi connectivity index (χ3n) is 4.77. The Balaban J connectivity index is 1.75. The van der Waals surface area contributed by atoms with Crippen LogP contribution in [-0.4, -0.2) is 21.7 Å². The molecule has 0 saturated heterocycles. The number of pyridine rings is 1. The van der Waals surface area contributed by atoms with Crippen molar-refractivity contribution in [2.75, 3.05) is 5.32 Å². The second kappa shape index (κ2) is 7.89. The minimum absolute atomic E-state index is 0.182. The van der Waals surface area contributed by atoms with E-state index in [1.807, 2.05) is 43.3 Å². The number of rotatable bonds is 5. The molecule has 2 heterocycles. The van der Waals surface area contributed by atoms with Gasteiger partial charge in [-0.15, -0.1) is 0 Å². The Morgan fingerprint density at radius 2 is 1.69 bits per heavy atom. The summed E-state index contributed by atoms with van der Waals surface area (Å²) in [6.07, 6.45) is 3.28. The summed E-state index contributed by atoms with van der Waals surface area (Å²) in [5, 5.41) is 3.79. The first-order valence-corrected chi connectivity index (χ1v) is 9.50. The first-order valence-electron chi connectivity index (χ1n) is 9.12. The van der Waals surface area contributed by atoms with Crippen molar-refractivity contribution in [1.82, 2.24) is 9.88 Å². The lowest BCUT2D eigenvalue weighted by Crippen LogP contribution is -2.32. The summed E-state index contributed by atoms with van der Waals surface area (Å²) in [7, 11) is 0. The first-order chi connectivity index (χ1) is 14.0. The van der Waals surface area contributed by atoms with E-state index in [0.717, 1.165) is 16.8 Å². The van der Waals surface area contributed by atoms with Gasteiger partial charge in [-0.05, 0) is 53.9 Å². The second-order valence-corrected chi connectivity index (χ2v) is 7.19. The molecule has 0 saturated carbocycles. The summed E-state index contributed by atoms with van der Waals surface area (Å²) in [4.78, 5) is 31.7. The van der Waals surface area contributed by atoms with Gasteiger partial charge < -0.3 is 5.32 Å². The fourth-order valence-corrected chi connectivity index (χ4v) is 3.51. The molecule has 0 radical (unpaired) electrons. The summed E-state index contributed by atoms with van der Waals surface area (Å²) in [6.45, 7) is 2.08. The number of nitrogens with zero attached hydrogens (tertiary/aromatic N) is 2. The number of aryl methyl sites for hydroxylation is 1. The Hall–Kier alpha value is -3.44. The van der Waals surface area contributed by atoms with Crippen LogP contribution in [0.5, 0.6) is 0 Å². The zero-order chi connectivity index (χ0) is 20.4. The number of imide groups is 1. The summed E-state index contributed by atoms with van der Waals surface area (Å²) in [6, 6.07) is 18.1. The molecule has 29 heavy (non-hydrogen) atoms. The maximum atomic E-state index is 13.2. The van der Waals surface area contributed by atoms with Crippen molar-refractivity contribution in [3.8, 4) is 0 Å². The molecule has 0 bridgehead atoms. The Morgan fingerprint density at radius 3 is 2.38 bits per heavy atom. The van der Waals surface area contributed by atoms with Crippen molar-refractivity contribution in [3.63, 3.8) is 0 Å². The van der Waals surface area contributed by atoms with Crippen LogP contribution in [0.1, 0.15) is 16.7 Å². The van der Waals surface area contributed by atoms with Gasteiger partial charge in [-0.1, -0.05) is 41.9 Å². The first kappa shape index (κ1) is 18.9. The third kappa shape index (κ3) is 3.77. The highest BCUT2D eigenvalue weighted by Crippen LogP contribution is 2.32. The zero-order valence-corrected chi connectivity index (χ0v) is 16.5. The molecule has 0 fully saturated rings. The Kier molecular flexibility index (Phi) is 5.14. The summed E-state index contributed by atoms with van der Waals surface area (Å²) < 4.78 is 0. The van der Waals surface area contributed by atoms with E-state index in [4.69, 9.17) is 11.6 Å². The van der Waals surface area contributed by atoms with Crippen LogP contribution in [-0.2, 0) is 16.1 Å². The number of carbonyl (C=O) groups excluding carboxylic acids is 2. The highest BCUT2D eigenvalue weighted by molar-refractivity contribution is 6.36. The van der Waals surface area contributed by atoms with E-state index in [0.29, 0.717) is 16.2 Å². The third-order valence-corrected chi connectivity index (χ3v) is 5.00. The van der Waals surface area contributed by atoms with Crippen molar-refractivity contribution < 1.29 is 9.59 Å². The molecule has 3 aromatic rings. The van der Waals surface area contributed by atoms with Gasteiger partial charge in [0, 0.05) is 23.1 Å². The summed E-state index contributed by atoms with van der Waals surface area (Å²) in [5.41, 5.74) is 3.75. The number of halogens is 1. The van der Waals surface area contributed by atoms with Gasteiger partial charge in [-0.2, -0.15) is 0 Å². The highest BCUT2D eigenvalue weighted by atomic mass is 35.5. The molecule has 0 spiro atoms. The van der Waals surface area contributed by atoms with Gasteiger partial charge in [0.25, 0.3) is 11.8 Å². The van der Waals surface area contributed by atoms with Gasteiger partial charge in [0.1, 0.15) is 5.70 Å². The lowest BCUT2D eigenvalue weighted by Gasteiger charge is -2.15. The fourth-order valence-electron chi connectivity index (χ4n) is 3.28. The Labute approximate surface area is 173 Å². The smallest absolute Gasteiger partial charge is 0.278 e. The van der Waals surface area contributed by atoms with Crippen LogP contribution in [0.3, 0.4) is 0 Å². The number of hydrogen-bond acceptors (Lipinski definition) is 4. The van der Waals surface area contributed by atoms with Crippen molar-refractivity contribution in [3.05, 3.63) is 100 Å². The highest BCUT2D eigenvalue weighted by Gasteiger charge is 2.39. The van der Waals surface area contributed by atoms with E-state index in [2.05, 4.69) is 10.3 Å². The molecule has 0 aliphatic carbocycles. The molecule has 5 nitrogen and oxygen atoms in total. The average molecular weight is 404 g/mol. The van der Waals surface area contributed by atoms with Gasteiger partial charge in [0.2, 0.25) is 0 Å². The fraction of sp³-hybridized carbons (Fsp3) is 0.0870. The molecule has 6 heteroatoms.